The van der Waals surface area contributed by atoms with E-state index in [4.69, 9.17) is 9.15 Å². The molecule has 3 rings (SSSR count). The van der Waals surface area contributed by atoms with Gasteiger partial charge in [-0.3, -0.25) is 4.79 Å². The van der Waals surface area contributed by atoms with Gasteiger partial charge < -0.3 is 14.5 Å². The van der Waals surface area contributed by atoms with Crippen LogP contribution in [0.15, 0.2) is 46.2 Å². The predicted molar refractivity (Wildman–Crippen MR) is 93.6 cm³/mol. The van der Waals surface area contributed by atoms with Crippen LogP contribution < -0.4 is 10.1 Å². The van der Waals surface area contributed by atoms with E-state index >= 15 is 0 Å². The average molecular weight is 342 g/mol. The number of rotatable bonds is 6. The molecule has 0 fully saturated rings. The lowest BCUT2D eigenvalue weighted by Crippen LogP contribution is -2.25. The molecule has 0 aliphatic rings. The van der Waals surface area contributed by atoms with E-state index in [-0.39, 0.29) is 5.91 Å². The molecule has 0 spiro atoms. The van der Waals surface area contributed by atoms with Crippen LogP contribution in [0.25, 0.3) is 11.5 Å². The average Bonchev–Trinajstić information content (AvgIpc) is 3.24. The van der Waals surface area contributed by atoms with E-state index in [0.29, 0.717) is 18.1 Å². The van der Waals surface area contributed by atoms with E-state index in [1.807, 2.05) is 36.6 Å². The normalized spacial score (nSPS) is 10.6. The molecule has 0 saturated carbocycles. The van der Waals surface area contributed by atoms with Gasteiger partial charge in [0.1, 0.15) is 11.4 Å². The smallest absolute Gasteiger partial charge is 0.287 e. The Hall–Kier alpha value is -2.60. The summed E-state index contributed by atoms with van der Waals surface area (Å²) in [5, 5.41) is 5.75. The fourth-order valence-corrected chi connectivity index (χ4v) is 2.88. The van der Waals surface area contributed by atoms with Crippen molar-refractivity contribution in [2.75, 3.05) is 13.7 Å². The van der Waals surface area contributed by atoms with Crippen molar-refractivity contribution in [1.82, 2.24) is 10.3 Å². The molecular weight excluding hydrogens is 324 g/mol. The number of amides is 1. The number of aryl methyl sites for hydroxylation is 1. The lowest BCUT2D eigenvalue weighted by molar-refractivity contribution is 0.0927. The Morgan fingerprint density at radius 2 is 2.04 bits per heavy atom. The van der Waals surface area contributed by atoms with E-state index in [0.717, 1.165) is 28.4 Å². The topological polar surface area (TPSA) is 64.4 Å². The SMILES string of the molecule is COc1ccc(CCNC(=O)c2ccc(-c3csc(C)n3)o2)cc1. The molecular formula is C18H18N2O3S. The number of methoxy groups -OCH3 is 1. The summed E-state index contributed by atoms with van der Waals surface area (Å²) in [6.07, 6.45) is 0.745. The lowest BCUT2D eigenvalue weighted by Gasteiger charge is -2.05. The number of ether oxygens (including phenoxy) is 1. The first-order valence-electron chi connectivity index (χ1n) is 7.59. The first-order valence-corrected chi connectivity index (χ1v) is 8.47. The Balaban J connectivity index is 1.54. The number of nitrogens with one attached hydrogen (secondary N) is 1. The molecule has 1 amide bonds. The minimum absolute atomic E-state index is 0.221. The van der Waals surface area contributed by atoms with Gasteiger partial charge in [-0.25, -0.2) is 4.98 Å². The maximum Gasteiger partial charge on any atom is 0.287 e. The van der Waals surface area contributed by atoms with Gasteiger partial charge in [-0.15, -0.1) is 11.3 Å². The van der Waals surface area contributed by atoms with Crippen molar-refractivity contribution in [2.24, 2.45) is 0 Å². The summed E-state index contributed by atoms with van der Waals surface area (Å²) in [4.78, 5) is 16.5. The van der Waals surface area contributed by atoms with Crippen LogP contribution in [0, 0.1) is 6.92 Å². The maximum atomic E-state index is 12.1. The Morgan fingerprint density at radius 1 is 1.25 bits per heavy atom. The largest absolute Gasteiger partial charge is 0.497 e. The summed E-state index contributed by atoms with van der Waals surface area (Å²) < 4.78 is 10.7. The highest BCUT2D eigenvalue weighted by Gasteiger charge is 2.13. The van der Waals surface area contributed by atoms with Crippen LogP contribution in [0.2, 0.25) is 0 Å². The molecule has 6 heteroatoms. The zero-order chi connectivity index (χ0) is 16.9. The minimum atomic E-state index is -0.221. The van der Waals surface area contributed by atoms with E-state index in [9.17, 15) is 4.79 Å². The third kappa shape index (κ3) is 3.83. The highest BCUT2D eigenvalue weighted by atomic mass is 32.1. The van der Waals surface area contributed by atoms with Crippen LogP contribution in [-0.4, -0.2) is 24.5 Å². The van der Waals surface area contributed by atoms with Gasteiger partial charge in [0.05, 0.1) is 12.1 Å². The Morgan fingerprint density at radius 3 is 2.71 bits per heavy atom. The summed E-state index contributed by atoms with van der Waals surface area (Å²) in [6, 6.07) is 11.2. The number of carbonyl (C=O) groups is 1. The highest BCUT2D eigenvalue weighted by Crippen LogP contribution is 2.23. The molecule has 124 valence electrons. The summed E-state index contributed by atoms with van der Waals surface area (Å²) in [6.45, 7) is 2.47. The predicted octanol–water partition coefficient (Wildman–Crippen LogP) is 3.69. The molecule has 1 N–H and O–H groups in total. The van der Waals surface area contributed by atoms with Crippen molar-refractivity contribution in [1.29, 1.82) is 0 Å². The van der Waals surface area contributed by atoms with Gasteiger partial charge in [0.15, 0.2) is 11.5 Å². The standard InChI is InChI=1S/C18H18N2O3S/c1-12-20-15(11-24-12)16-7-8-17(23-16)18(21)19-10-9-13-3-5-14(22-2)6-4-13/h3-8,11H,9-10H2,1-2H3,(H,19,21). The van der Waals surface area contributed by atoms with Crippen molar-refractivity contribution in [3.8, 4) is 17.2 Å². The number of hydrogen-bond acceptors (Lipinski definition) is 5. The van der Waals surface area contributed by atoms with Crippen molar-refractivity contribution >= 4 is 17.2 Å². The van der Waals surface area contributed by atoms with Crippen LogP contribution in [0.3, 0.4) is 0 Å². The van der Waals surface area contributed by atoms with Crippen molar-refractivity contribution < 1.29 is 13.9 Å². The molecule has 0 bridgehead atoms. The van der Waals surface area contributed by atoms with E-state index < -0.39 is 0 Å². The molecule has 2 aromatic heterocycles. The highest BCUT2D eigenvalue weighted by molar-refractivity contribution is 7.09. The number of furan rings is 1. The van der Waals surface area contributed by atoms with Crippen molar-refractivity contribution in [3.05, 3.63) is 58.1 Å². The molecule has 0 radical (unpaired) electrons. The Bertz CT molecular complexity index is 821. The number of carbonyl (C=O) groups excluding carboxylic acids is 1. The zero-order valence-corrected chi connectivity index (χ0v) is 14.4. The quantitative estimate of drug-likeness (QED) is 0.742. The van der Waals surface area contributed by atoms with E-state index in [2.05, 4.69) is 10.3 Å². The van der Waals surface area contributed by atoms with Gasteiger partial charge in [0.25, 0.3) is 5.91 Å². The third-order valence-corrected chi connectivity index (χ3v) is 4.33. The van der Waals surface area contributed by atoms with Gasteiger partial charge >= 0.3 is 0 Å². The molecule has 1 aromatic carbocycles. The van der Waals surface area contributed by atoms with Crippen LogP contribution in [0.1, 0.15) is 21.1 Å². The van der Waals surface area contributed by atoms with Crippen LogP contribution in [0.5, 0.6) is 5.75 Å². The van der Waals surface area contributed by atoms with Gasteiger partial charge in [0.2, 0.25) is 0 Å². The number of hydrogen-bond donors (Lipinski definition) is 1. The summed E-state index contributed by atoms with van der Waals surface area (Å²) in [7, 11) is 1.64. The molecule has 0 saturated heterocycles. The zero-order valence-electron chi connectivity index (χ0n) is 13.5. The number of nitrogens with zero attached hydrogens (tertiary/aromatic N) is 1. The second kappa shape index (κ2) is 7.31. The summed E-state index contributed by atoms with van der Waals surface area (Å²) in [5.74, 6) is 1.51. The first kappa shape index (κ1) is 16.3. The lowest BCUT2D eigenvalue weighted by atomic mass is 10.1. The van der Waals surface area contributed by atoms with Gasteiger partial charge in [-0.2, -0.15) is 0 Å². The van der Waals surface area contributed by atoms with Crippen LogP contribution in [-0.2, 0) is 6.42 Å². The second-order valence-electron chi connectivity index (χ2n) is 5.27. The second-order valence-corrected chi connectivity index (χ2v) is 6.33. The minimum Gasteiger partial charge on any atom is -0.497 e. The van der Waals surface area contributed by atoms with Gasteiger partial charge in [-0.05, 0) is 43.2 Å². The van der Waals surface area contributed by atoms with Crippen molar-refractivity contribution in [3.63, 3.8) is 0 Å². The molecule has 0 aliphatic heterocycles. The third-order valence-electron chi connectivity index (χ3n) is 3.56. The fraction of sp³-hybridized carbons (Fsp3) is 0.222. The summed E-state index contributed by atoms with van der Waals surface area (Å²) in [5.41, 5.74) is 1.89. The number of aromatic nitrogens is 1. The van der Waals surface area contributed by atoms with Gasteiger partial charge in [0, 0.05) is 11.9 Å². The molecule has 3 aromatic rings. The van der Waals surface area contributed by atoms with E-state index in [1.165, 1.54) is 0 Å². The fourth-order valence-electron chi connectivity index (χ4n) is 2.27. The first-order chi connectivity index (χ1) is 11.7. The Kier molecular flexibility index (Phi) is 4.96. The maximum absolute atomic E-state index is 12.1. The summed E-state index contributed by atoms with van der Waals surface area (Å²) >= 11 is 1.55. The monoisotopic (exact) mass is 342 g/mol. The Labute approximate surface area is 144 Å². The molecule has 24 heavy (non-hydrogen) atoms. The molecule has 0 aliphatic carbocycles. The molecule has 0 unspecified atom stereocenters. The van der Waals surface area contributed by atoms with Crippen LogP contribution >= 0.6 is 11.3 Å². The van der Waals surface area contributed by atoms with Crippen molar-refractivity contribution in [2.45, 2.75) is 13.3 Å². The van der Waals surface area contributed by atoms with Crippen LogP contribution in [0.4, 0.5) is 0 Å². The molecule has 2 heterocycles. The molecule has 5 nitrogen and oxygen atoms in total. The van der Waals surface area contributed by atoms with E-state index in [1.54, 1.807) is 30.6 Å². The van der Waals surface area contributed by atoms with Gasteiger partial charge in [-0.1, -0.05) is 12.1 Å². The number of benzene rings is 1. The molecule has 0 atom stereocenters. The number of thiazole rings is 1.